The fourth-order valence-corrected chi connectivity index (χ4v) is 2.78. The van der Waals surface area contributed by atoms with Gasteiger partial charge in [0.25, 0.3) is 0 Å². The number of carboxylic acid groups (broad SMARTS) is 1. The quantitative estimate of drug-likeness (QED) is 0.753. The van der Waals surface area contributed by atoms with Gasteiger partial charge in [-0.2, -0.15) is 0 Å². The maximum absolute atomic E-state index is 11.8. The van der Waals surface area contributed by atoms with Gasteiger partial charge in [0.05, 0.1) is 11.8 Å². The third kappa shape index (κ3) is 4.59. The lowest BCUT2D eigenvalue weighted by atomic mass is 10.2. The molecule has 0 saturated carbocycles. The molecule has 114 valence electrons. The predicted octanol–water partition coefficient (Wildman–Crippen LogP) is 2.86. The Labute approximate surface area is 134 Å². The Morgan fingerprint density at radius 3 is 2.81 bits per heavy atom. The molecule has 1 saturated heterocycles. The zero-order valence-corrected chi connectivity index (χ0v) is 13.3. The Hall–Kier alpha value is -1.31. The second kappa shape index (κ2) is 7.11. The zero-order valence-electron chi connectivity index (χ0n) is 10.9. The summed E-state index contributed by atoms with van der Waals surface area (Å²) in [4.78, 5) is 22.5. The van der Waals surface area contributed by atoms with Gasteiger partial charge in [0.1, 0.15) is 0 Å². The zero-order chi connectivity index (χ0) is 15.4. The highest BCUT2D eigenvalue weighted by Gasteiger charge is 2.30. The lowest BCUT2D eigenvalue weighted by molar-refractivity contribution is -0.149. The van der Waals surface area contributed by atoms with Crippen LogP contribution in [0.3, 0.4) is 0 Å². The number of rotatable bonds is 4. The summed E-state index contributed by atoms with van der Waals surface area (Å²) in [6.07, 6.45) is 0.0317. The third-order valence-corrected chi connectivity index (χ3v) is 3.94. The van der Waals surface area contributed by atoms with Crippen LogP contribution in [0.4, 0.5) is 10.5 Å². The van der Waals surface area contributed by atoms with Crippen LogP contribution in [0.5, 0.6) is 0 Å². The van der Waals surface area contributed by atoms with Crippen LogP contribution in [0.2, 0.25) is 5.02 Å². The summed E-state index contributed by atoms with van der Waals surface area (Å²) in [5.74, 6) is -0.966. The Balaban J connectivity index is 1.79. The van der Waals surface area contributed by atoms with Crippen molar-refractivity contribution >= 4 is 45.2 Å². The van der Waals surface area contributed by atoms with Gasteiger partial charge in [0, 0.05) is 16.0 Å². The first-order valence-corrected chi connectivity index (χ1v) is 7.51. The van der Waals surface area contributed by atoms with E-state index in [2.05, 4.69) is 26.6 Å². The minimum Gasteiger partial charge on any atom is -0.479 e. The molecule has 1 aliphatic rings. The van der Waals surface area contributed by atoms with Gasteiger partial charge in [-0.05, 0) is 47.0 Å². The molecule has 0 aromatic heterocycles. The maximum Gasteiger partial charge on any atom is 0.332 e. The molecule has 1 aromatic carbocycles. The first-order valence-electron chi connectivity index (χ1n) is 6.34. The number of nitrogens with one attached hydrogen (secondary N) is 2. The van der Waals surface area contributed by atoms with Crippen molar-refractivity contribution in [1.82, 2.24) is 5.32 Å². The van der Waals surface area contributed by atoms with Crippen LogP contribution in [0.25, 0.3) is 0 Å². The van der Waals surface area contributed by atoms with E-state index in [1.54, 1.807) is 18.2 Å². The minimum atomic E-state index is -0.966. The molecule has 0 aliphatic carbocycles. The van der Waals surface area contributed by atoms with Gasteiger partial charge < -0.3 is 20.5 Å². The summed E-state index contributed by atoms with van der Waals surface area (Å²) < 4.78 is 5.97. The van der Waals surface area contributed by atoms with Crippen LogP contribution in [-0.4, -0.2) is 35.9 Å². The number of hydrogen-bond acceptors (Lipinski definition) is 3. The number of carboxylic acids is 1. The van der Waals surface area contributed by atoms with E-state index < -0.39 is 12.1 Å². The highest BCUT2D eigenvalue weighted by molar-refractivity contribution is 9.10. The number of ether oxygens (including phenoxy) is 1. The van der Waals surface area contributed by atoms with Crippen molar-refractivity contribution in [2.75, 3.05) is 11.9 Å². The molecule has 0 spiro atoms. The van der Waals surface area contributed by atoms with Gasteiger partial charge in [-0.1, -0.05) is 11.6 Å². The van der Waals surface area contributed by atoms with Gasteiger partial charge in [-0.3, -0.25) is 0 Å². The molecule has 21 heavy (non-hydrogen) atoms. The molecule has 1 fully saturated rings. The highest BCUT2D eigenvalue weighted by Crippen LogP contribution is 2.25. The number of benzene rings is 1. The topological polar surface area (TPSA) is 87.7 Å². The normalized spacial score (nSPS) is 21.0. The van der Waals surface area contributed by atoms with Crippen molar-refractivity contribution in [2.45, 2.75) is 25.0 Å². The summed E-state index contributed by atoms with van der Waals surface area (Å²) in [5, 5.41) is 14.7. The molecule has 6 nitrogen and oxygen atoms in total. The standard InChI is InChI=1S/C13H14BrClN2O4/c14-9-5-7(15)1-3-10(9)17-13(20)16-6-8-2-4-11(21-8)12(18)19/h1,3,5,8,11H,2,4,6H2,(H,18,19)(H2,16,17,20). The molecule has 2 unspecified atom stereocenters. The van der Waals surface area contributed by atoms with E-state index in [0.717, 1.165) is 0 Å². The van der Waals surface area contributed by atoms with Crippen molar-refractivity contribution in [1.29, 1.82) is 0 Å². The van der Waals surface area contributed by atoms with Crippen LogP contribution >= 0.6 is 27.5 Å². The molecule has 0 radical (unpaired) electrons. The molecule has 8 heteroatoms. The average Bonchev–Trinajstić information content (AvgIpc) is 2.89. The Kier molecular flexibility index (Phi) is 5.44. The fourth-order valence-electron chi connectivity index (χ4n) is 2.00. The number of hydrogen-bond donors (Lipinski definition) is 3. The lowest BCUT2D eigenvalue weighted by Crippen LogP contribution is -2.36. The first kappa shape index (κ1) is 16.1. The smallest absolute Gasteiger partial charge is 0.332 e. The Morgan fingerprint density at radius 2 is 2.19 bits per heavy atom. The summed E-state index contributed by atoms with van der Waals surface area (Å²) >= 11 is 9.12. The largest absolute Gasteiger partial charge is 0.479 e. The maximum atomic E-state index is 11.8. The molecule has 2 amide bonds. The number of amides is 2. The van der Waals surface area contributed by atoms with Gasteiger partial charge in [0.2, 0.25) is 0 Å². The SMILES string of the molecule is O=C(NCC1CCC(C(=O)O)O1)Nc1ccc(Cl)cc1Br. The monoisotopic (exact) mass is 376 g/mol. The first-order chi connectivity index (χ1) is 9.95. The van der Waals surface area contributed by atoms with Crippen molar-refractivity contribution in [3.8, 4) is 0 Å². The van der Waals surface area contributed by atoms with E-state index in [4.69, 9.17) is 21.4 Å². The van der Waals surface area contributed by atoms with Crippen molar-refractivity contribution in [3.05, 3.63) is 27.7 Å². The summed E-state index contributed by atoms with van der Waals surface area (Å²) in [6, 6.07) is 4.63. The molecule has 2 atom stereocenters. The summed E-state index contributed by atoms with van der Waals surface area (Å²) in [6.45, 7) is 0.265. The van der Waals surface area contributed by atoms with Gasteiger partial charge in [0.15, 0.2) is 6.10 Å². The molecular formula is C13H14BrClN2O4. The molecule has 3 N–H and O–H groups in total. The van der Waals surface area contributed by atoms with Gasteiger partial charge in [-0.25, -0.2) is 9.59 Å². The van der Waals surface area contributed by atoms with E-state index in [-0.39, 0.29) is 18.7 Å². The van der Waals surface area contributed by atoms with E-state index in [1.165, 1.54) is 0 Å². The van der Waals surface area contributed by atoms with Crippen molar-refractivity contribution in [3.63, 3.8) is 0 Å². The molecule has 0 bridgehead atoms. The molecule has 1 aromatic rings. The number of carbonyl (C=O) groups excluding carboxylic acids is 1. The highest BCUT2D eigenvalue weighted by atomic mass is 79.9. The van der Waals surface area contributed by atoms with E-state index in [0.29, 0.717) is 28.0 Å². The molecule has 1 heterocycles. The average molecular weight is 378 g/mol. The predicted molar refractivity (Wildman–Crippen MR) is 81.7 cm³/mol. The third-order valence-electron chi connectivity index (χ3n) is 3.05. The Bertz CT molecular complexity index is 555. The van der Waals surface area contributed by atoms with Crippen molar-refractivity contribution in [2.24, 2.45) is 0 Å². The van der Waals surface area contributed by atoms with E-state index in [1.807, 2.05) is 0 Å². The number of carbonyl (C=O) groups is 2. The molecular weight excluding hydrogens is 364 g/mol. The fraction of sp³-hybridized carbons (Fsp3) is 0.385. The Morgan fingerprint density at radius 1 is 1.43 bits per heavy atom. The van der Waals surface area contributed by atoms with Crippen LogP contribution in [0.1, 0.15) is 12.8 Å². The number of urea groups is 1. The second-order valence-electron chi connectivity index (χ2n) is 4.62. The number of aliphatic carboxylic acids is 1. The van der Waals surface area contributed by atoms with E-state index >= 15 is 0 Å². The number of anilines is 1. The van der Waals surface area contributed by atoms with Gasteiger partial charge in [-0.15, -0.1) is 0 Å². The minimum absolute atomic E-state index is 0.265. The summed E-state index contributed by atoms with van der Waals surface area (Å²) in [7, 11) is 0. The lowest BCUT2D eigenvalue weighted by Gasteiger charge is -2.13. The molecule has 2 rings (SSSR count). The van der Waals surface area contributed by atoms with Crippen molar-refractivity contribution < 1.29 is 19.4 Å². The number of halogens is 2. The second-order valence-corrected chi connectivity index (χ2v) is 5.91. The van der Waals surface area contributed by atoms with Crippen LogP contribution in [0, 0.1) is 0 Å². The van der Waals surface area contributed by atoms with E-state index in [9.17, 15) is 9.59 Å². The van der Waals surface area contributed by atoms with Crippen LogP contribution < -0.4 is 10.6 Å². The molecule has 1 aliphatic heterocycles. The van der Waals surface area contributed by atoms with Gasteiger partial charge >= 0.3 is 12.0 Å². The van der Waals surface area contributed by atoms with Crippen LogP contribution in [-0.2, 0) is 9.53 Å². The van der Waals surface area contributed by atoms with Crippen LogP contribution in [0.15, 0.2) is 22.7 Å². The summed E-state index contributed by atoms with van der Waals surface area (Å²) in [5.41, 5.74) is 0.590.